The maximum atomic E-state index is 11.8. The number of carbonyl (C=O) groups excluding carboxylic acids is 2. The Hall–Kier alpha value is -2.69. The lowest BCUT2D eigenvalue weighted by Gasteiger charge is -2.10. The molecule has 0 aliphatic heterocycles. The predicted molar refractivity (Wildman–Crippen MR) is 90.1 cm³/mol. The molecule has 2 N–H and O–H groups in total. The van der Waals surface area contributed by atoms with Gasteiger partial charge in [-0.05, 0) is 23.6 Å². The number of hydrogen-bond acceptors (Lipinski definition) is 3. The maximum Gasteiger partial charge on any atom is 0.329 e. The Kier molecular flexibility index (Phi) is 4.66. The zero-order chi connectivity index (χ0) is 16.1. The molecule has 0 spiro atoms. The minimum Gasteiger partial charge on any atom is -0.345 e. The Labute approximate surface area is 134 Å². The first-order chi connectivity index (χ1) is 11.2. The molecular weight excluding hydrogens is 290 g/mol. The fourth-order valence-corrected chi connectivity index (χ4v) is 2.90. The van der Waals surface area contributed by atoms with Crippen LogP contribution in [-0.4, -0.2) is 24.1 Å². The number of hydrazone groups is 1. The zero-order valence-corrected chi connectivity index (χ0v) is 12.8. The summed E-state index contributed by atoms with van der Waals surface area (Å²) in [4.78, 5) is 23.5. The third-order valence-corrected chi connectivity index (χ3v) is 4.09. The number of nitrogens with zero attached hydrogens (tertiary/aromatic N) is 1. The van der Waals surface area contributed by atoms with Crippen molar-refractivity contribution in [1.29, 1.82) is 0 Å². The number of nitrogens with one attached hydrogen (secondary N) is 2. The van der Waals surface area contributed by atoms with Crippen molar-refractivity contribution >= 4 is 28.8 Å². The van der Waals surface area contributed by atoms with E-state index in [0.29, 0.717) is 0 Å². The van der Waals surface area contributed by atoms with E-state index in [0.717, 1.165) is 42.0 Å². The summed E-state index contributed by atoms with van der Waals surface area (Å²) in [5, 5.41) is 8.78. The number of fused-ring (bicyclic) bond motifs is 1. The first-order valence-corrected chi connectivity index (χ1v) is 7.86. The molecule has 1 aliphatic rings. The normalized spacial score (nSPS) is 15.1. The first kappa shape index (κ1) is 15.2. The van der Waals surface area contributed by atoms with Gasteiger partial charge >= 0.3 is 11.8 Å². The maximum absolute atomic E-state index is 11.8. The molecule has 2 amide bonds. The largest absolute Gasteiger partial charge is 0.345 e. The van der Waals surface area contributed by atoms with Gasteiger partial charge in [0.15, 0.2) is 0 Å². The summed E-state index contributed by atoms with van der Waals surface area (Å²) >= 11 is 0. The fourth-order valence-electron chi connectivity index (χ4n) is 2.90. The number of carbonyl (C=O) groups is 2. The van der Waals surface area contributed by atoms with Crippen LogP contribution in [0.15, 0.2) is 47.6 Å². The molecule has 0 atom stereocenters. The molecule has 5 heteroatoms. The molecular formula is C18H19N3O2. The molecule has 0 saturated heterocycles. The fraction of sp³-hybridized carbons (Fsp3) is 0.278. The Morgan fingerprint density at radius 3 is 2.57 bits per heavy atom. The minimum absolute atomic E-state index is 0.121. The average molecular weight is 309 g/mol. The summed E-state index contributed by atoms with van der Waals surface area (Å²) in [6.07, 6.45) is 5.65. The van der Waals surface area contributed by atoms with E-state index in [4.69, 9.17) is 0 Å². The van der Waals surface area contributed by atoms with Crippen molar-refractivity contribution in [3.05, 3.63) is 48.0 Å². The number of amides is 2. The molecule has 0 unspecified atom stereocenters. The van der Waals surface area contributed by atoms with Gasteiger partial charge in [0, 0.05) is 11.6 Å². The quantitative estimate of drug-likeness (QED) is 0.519. The number of benzene rings is 2. The van der Waals surface area contributed by atoms with Gasteiger partial charge in [0.2, 0.25) is 0 Å². The third-order valence-electron chi connectivity index (χ3n) is 4.09. The standard InChI is InChI=1S/C18H19N3O2/c22-17(20-15-9-2-3-10-15)18(23)21-19-12-14-8-5-7-13-6-1-4-11-16(13)14/h1,4-8,11-12,15H,2-3,9-10H2,(H,20,22)(H,21,23). The van der Waals surface area contributed by atoms with Crippen molar-refractivity contribution in [1.82, 2.24) is 10.7 Å². The van der Waals surface area contributed by atoms with E-state index < -0.39 is 11.8 Å². The second-order valence-electron chi connectivity index (χ2n) is 5.72. The van der Waals surface area contributed by atoms with E-state index in [9.17, 15) is 9.59 Å². The molecule has 0 bridgehead atoms. The van der Waals surface area contributed by atoms with Crippen molar-refractivity contribution in [2.24, 2.45) is 5.10 Å². The number of hydrogen-bond donors (Lipinski definition) is 2. The smallest absolute Gasteiger partial charge is 0.329 e. The lowest BCUT2D eigenvalue weighted by atomic mass is 10.1. The van der Waals surface area contributed by atoms with Gasteiger partial charge in [-0.1, -0.05) is 55.3 Å². The van der Waals surface area contributed by atoms with Gasteiger partial charge in [0.25, 0.3) is 0 Å². The molecule has 0 radical (unpaired) electrons. The molecule has 1 fully saturated rings. The summed E-state index contributed by atoms with van der Waals surface area (Å²) in [5.41, 5.74) is 3.18. The van der Waals surface area contributed by atoms with Crippen molar-refractivity contribution in [2.75, 3.05) is 0 Å². The molecule has 5 nitrogen and oxygen atoms in total. The van der Waals surface area contributed by atoms with Crippen molar-refractivity contribution in [3.63, 3.8) is 0 Å². The van der Waals surface area contributed by atoms with E-state index in [1.165, 1.54) is 0 Å². The van der Waals surface area contributed by atoms with E-state index in [1.807, 2.05) is 42.5 Å². The molecule has 1 saturated carbocycles. The first-order valence-electron chi connectivity index (χ1n) is 7.86. The van der Waals surface area contributed by atoms with Crippen LogP contribution in [0.4, 0.5) is 0 Å². The highest BCUT2D eigenvalue weighted by molar-refractivity contribution is 6.35. The third kappa shape index (κ3) is 3.74. The second kappa shape index (κ2) is 7.05. The van der Waals surface area contributed by atoms with E-state index in [2.05, 4.69) is 15.8 Å². The van der Waals surface area contributed by atoms with Gasteiger partial charge in [-0.25, -0.2) is 5.43 Å². The highest BCUT2D eigenvalue weighted by Crippen LogP contribution is 2.17. The zero-order valence-electron chi connectivity index (χ0n) is 12.8. The summed E-state index contributed by atoms with van der Waals surface area (Å²) in [7, 11) is 0. The van der Waals surface area contributed by atoms with Gasteiger partial charge < -0.3 is 5.32 Å². The van der Waals surface area contributed by atoms with E-state index in [1.54, 1.807) is 6.21 Å². The molecule has 3 rings (SSSR count). The van der Waals surface area contributed by atoms with Crippen LogP contribution in [-0.2, 0) is 9.59 Å². The molecule has 0 heterocycles. The van der Waals surface area contributed by atoms with Crippen LogP contribution in [0, 0.1) is 0 Å². The summed E-state index contributed by atoms with van der Waals surface area (Å²) in [5.74, 6) is -1.35. The SMILES string of the molecule is O=C(NN=Cc1cccc2ccccc12)C(=O)NC1CCCC1. The highest BCUT2D eigenvalue weighted by Gasteiger charge is 2.20. The van der Waals surface area contributed by atoms with Crippen LogP contribution in [0.1, 0.15) is 31.2 Å². The Morgan fingerprint density at radius 2 is 1.74 bits per heavy atom. The molecule has 2 aromatic rings. The Bertz CT molecular complexity index is 744. The van der Waals surface area contributed by atoms with Gasteiger partial charge in [0.05, 0.1) is 6.21 Å². The summed E-state index contributed by atoms with van der Waals surface area (Å²) in [6, 6.07) is 13.9. The minimum atomic E-state index is -0.728. The van der Waals surface area contributed by atoms with Crippen LogP contribution < -0.4 is 10.7 Å². The Morgan fingerprint density at radius 1 is 1.00 bits per heavy atom. The van der Waals surface area contributed by atoms with Crippen LogP contribution in [0.5, 0.6) is 0 Å². The summed E-state index contributed by atoms with van der Waals surface area (Å²) < 4.78 is 0. The van der Waals surface area contributed by atoms with Crippen LogP contribution in [0.2, 0.25) is 0 Å². The van der Waals surface area contributed by atoms with Crippen LogP contribution >= 0.6 is 0 Å². The predicted octanol–water partition coefficient (Wildman–Crippen LogP) is 2.35. The van der Waals surface area contributed by atoms with Crippen LogP contribution in [0.25, 0.3) is 10.8 Å². The molecule has 1 aliphatic carbocycles. The van der Waals surface area contributed by atoms with Crippen molar-refractivity contribution in [2.45, 2.75) is 31.7 Å². The van der Waals surface area contributed by atoms with Gasteiger partial charge in [0.1, 0.15) is 0 Å². The van der Waals surface area contributed by atoms with Gasteiger partial charge in [-0.2, -0.15) is 5.10 Å². The van der Waals surface area contributed by atoms with Crippen molar-refractivity contribution in [3.8, 4) is 0 Å². The molecule has 118 valence electrons. The van der Waals surface area contributed by atoms with E-state index in [-0.39, 0.29) is 6.04 Å². The van der Waals surface area contributed by atoms with Gasteiger partial charge in [-0.3, -0.25) is 9.59 Å². The molecule has 23 heavy (non-hydrogen) atoms. The average Bonchev–Trinajstić information content (AvgIpc) is 3.08. The molecule has 2 aromatic carbocycles. The second-order valence-corrected chi connectivity index (χ2v) is 5.72. The van der Waals surface area contributed by atoms with Gasteiger partial charge in [-0.15, -0.1) is 0 Å². The number of rotatable bonds is 3. The summed E-state index contributed by atoms with van der Waals surface area (Å²) in [6.45, 7) is 0. The van der Waals surface area contributed by atoms with E-state index >= 15 is 0 Å². The van der Waals surface area contributed by atoms with Crippen molar-refractivity contribution < 1.29 is 9.59 Å². The lowest BCUT2D eigenvalue weighted by Crippen LogP contribution is -2.42. The Balaban J connectivity index is 1.61. The molecule has 0 aromatic heterocycles. The lowest BCUT2D eigenvalue weighted by molar-refractivity contribution is -0.139. The topological polar surface area (TPSA) is 70.6 Å². The highest BCUT2D eigenvalue weighted by atomic mass is 16.2. The monoisotopic (exact) mass is 309 g/mol. The van der Waals surface area contributed by atoms with Crippen LogP contribution in [0.3, 0.4) is 0 Å².